The van der Waals surface area contributed by atoms with Gasteiger partial charge in [0.15, 0.2) is 0 Å². The molecule has 2 rings (SSSR count). The summed E-state index contributed by atoms with van der Waals surface area (Å²) in [5.41, 5.74) is 7.84. The number of hydrogen-bond donors (Lipinski definition) is 1. The summed E-state index contributed by atoms with van der Waals surface area (Å²) in [4.78, 5) is 0. The zero-order valence-electron chi connectivity index (χ0n) is 11.4. The highest BCUT2D eigenvalue weighted by molar-refractivity contribution is 9.10. The molecule has 1 aromatic carbocycles. The first-order chi connectivity index (χ1) is 8.16. The molecule has 18 heavy (non-hydrogen) atoms. The van der Waals surface area contributed by atoms with Gasteiger partial charge in [-0.3, -0.25) is 0 Å². The Labute approximate surface area is 117 Å². The second kappa shape index (κ2) is 4.31. The molecule has 1 aliphatic rings. The van der Waals surface area contributed by atoms with Crippen LogP contribution in [0.1, 0.15) is 33.3 Å². The predicted octanol–water partition coefficient (Wildman–Crippen LogP) is 4.14. The molecule has 0 aliphatic heterocycles. The van der Waals surface area contributed by atoms with Crippen LogP contribution in [0.4, 0.5) is 4.39 Å². The average molecular weight is 314 g/mol. The molecule has 1 unspecified atom stereocenters. The van der Waals surface area contributed by atoms with Gasteiger partial charge in [-0.2, -0.15) is 0 Å². The molecular formula is C15H21BrFN. The Morgan fingerprint density at radius 3 is 2.22 bits per heavy atom. The van der Waals surface area contributed by atoms with E-state index in [1.165, 1.54) is 6.07 Å². The molecule has 1 saturated carbocycles. The van der Waals surface area contributed by atoms with Crippen LogP contribution in [0.25, 0.3) is 0 Å². The molecule has 1 fully saturated rings. The van der Waals surface area contributed by atoms with Crippen molar-refractivity contribution in [2.75, 3.05) is 0 Å². The molecule has 0 saturated heterocycles. The Hall–Kier alpha value is -0.410. The summed E-state index contributed by atoms with van der Waals surface area (Å²) >= 11 is 3.32. The maximum atomic E-state index is 13.3. The Balaban J connectivity index is 2.11. The van der Waals surface area contributed by atoms with Crippen molar-refractivity contribution < 1.29 is 4.39 Å². The van der Waals surface area contributed by atoms with Crippen molar-refractivity contribution in [3.8, 4) is 0 Å². The highest BCUT2D eigenvalue weighted by atomic mass is 79.9. The van der Waals surface area contributed by atoms with E-state index in [-0.39, 0.29) is 22.7 Å². The third-order valence-corrected chi connectivity index (χ3v) is 5.41. The molecule has 0 aromatic heterocycles. The van der Waals surface area contributed by atoms with Gasteiger partial charge in [-0.05, 0) is 46.9 Å². The van der Waals surface area contributed by atoms with Crippen LogP contribution in [0.3, 0.4) is 0 Å². The van der Waals surface area contributed by atoms with Crippen LogP contribution >= 0.6 is 15.9 Å². The van der Waals surface area contributed by atoms with Gasteiger partial charge in [0.25, 0.3) is 0 Å². The quantitative estimate of drug-likeness (QED) is 0.891. The Bertz CT molecular complexity index is 433. The standard InChI is InChI=1S/C15H21BrFN/c1-14(2)13(15(14,3)4)12(18)7-9-5-10(16)8-11(17)6-9/h5-6,8,12-13H,7,18H2,1-4H3. The number of hydrogen-bond acceptors (Lipinski definition) is 1. The molecule has 0 bridgehead atoms. The lowest BCUT2D eigenvalue weighted by molar-refractivity contribution is 0.457. The smallest absolute Gasteiger partial charge is 0.124 e. The van der Waals surface area contributed by atoms with E-state index in [4.69, 9.17) is 5.73 Å². The summed E-state index contributed by atoms with van der Waals surface area (Å²) in [7, 11) is 0. The third-order valence-electron chi connectivity index (χ3n) is 4.95. The molecule has 3 heteroatoms. The molecule has 0 amide bonds. The third kappa shape index (κ3) is 2.23. The monoisotopic (exact) mass is 313 g/mol. The van der Waals surface area contributed by atoms with Crippen molar-refractivity contribution in [1.82, 2.24) is 0 Å². The lowest BCUT2D eigenvalue weighted by atomic mass is 9.98. The van der Waals surface area contributed by atoms with Gasteiger partial charge in [0, 0.05) is 10.5 Å². The molecule has 0 heterocycles. The van der Waals surface area contributed by atoms with E-state index in [2.05, 4.69) is 43.6 Å². The normalized spacial score (nSPS) is 22.8. The largest absolute Gasteiger partial charge is 0.327 e. The van der Waals surface area contributed by atoms with Crippen LogP contribution in [-0.4, -0.2) is 6.04 Å². The second-order valence-corrected chi connectivity index (χ2v) is 7.48. The van der Waals surface area contributed by atoms with Gasteiger partial charge in [0.1, 0.15) is 5.82 Å². The number of halogens is 2. The van der Waals surface area contributed by atoms with Crippen LogP contribution in [0.2, 0.25) is 0 Å². The van der Waals surface area contributed by atoms with E-state index < -0.39 is 0 Å². The van der Waals surface area contributed by atoms with Crippen molar-refractivity contribution in [1.29, 1.82) is 0 Å². The SMILES string of the molecule is CC1(C)C(C(N)Cc2cc(F)cc(Br)c2)C1(C)C. The van der Waals surface area contributed by atoms with E-state index in [0.29, 0.717) is 5.92 Å². The van der Waals surface area contributed by atoms with Crippen molar-refractivity contribution in [3.05, 3.63) is 34.1 Å². The summed E-state index contributed by atoms with van der Waals surface area (Å²) in [6.07, 6.45) is 0.730. The Morgan fingerprint density at radius 1 is 1.22 bits per heavy atom. The van der Waals surface area contributed by atoms with Gasteiger partial charge in [-0.15, -0.1) is 0 Å². The fraction of sp³-hybridized carbons (Fsp3) is 0.600. The number of rotatable bonds is 3. The van der Waals surface area contributed by atoms with E-state index in [9.17, 15) is 4.39 Å². The topological polar surface area (TPSA) is 26.0 Å². The number of nitrogens with two attached hydrogens (primary N) is 1. The predicted molar refractivity (Wildman–Crippen MR) is 76.8 cm³/mol. The average Bonchev–Trinajstić information content (AvgIpc) is 2.54. The lowest BCUT2D eigenvalue weighted by Gasteiger charge is -2.14. The molecule has 1 nitrogen and oxygen atoms in total. The minimum atomic E-state index is -0.208. The van der Waals surface area contributed by atoms with Crippen molar-refractivity contribution in [3.63, 3.8) is 0 Å². The number of benzene rings is 1. The van der Waals surface area contributed by atoms with E-state index in [1.807, 2.05) is 6.07 Å². The first-order valence-electron chi connectivity index (χ1n) is 6.37. The molecule has 1 atom stereocenters. The Kier molecular flexibility index (Phi) is 3.35. The summed E-state index contributed by atoms with van der Waals surface area (Å²) in [5, 5.41) is 0. The molecule has 1 aliphatic carbocycles. The van der Waals surface area contributed by atoms with Gasteiger partial charge in [0.05, 0.1) is 0 Å². The minimum absolute atomic E-state index is 0.0868. The first-order valence-corrected chi connectivity index (χ1v) is 7.16. The summed E-state index contributed by atoms with van der Waals surface area (Å²) < 4.78 is 14.1. The van der Waals surface area contributed by atoms with Crippen molar-refractivity contribution in [2.24, 2.45) is 22.5 Å². The fourth-order valence-corrected chi connectivity index (χ4v) is 3.95. The van der Waals surface area contributed by atoms with Crippen molar-refractivity contribution in [2.45, 2.75) is 40.2 Å². The Morgan fingerprint density at radius 2 is 1.78 bits per heavy atom. The van der Waals surface area contributed by atoms with Gasteiger partial charge < -0.3 is 5.73 Å². The molecule has 1 aromatic rings. The molecule has 100 valence electrons. The zero-order chi connectivity index (χ0) is 13.7. The van der Waals surface area contributed by atoms with Crippen LogP contribution in [0.15, 0.2) is 22.7 Å². The summed E-state index contributed by atoms with van der Waals surface area (Å²) in [6, 6.07) is 5.09. The first kappa shape index (κ1) is 14.0. The maximum absolute atomic E-state index is 13.3. The van der Waals surface area contributed by atoms with Crippen LogP contribution in [-0.2, 0) is 6.42 Å². The zero-order valence-corrected chi connectivity index (χ0v) is 13.0. The summed E-state index contributed by atoms with van der Waals surface area (Å²) in [5.74, 6) is 0.285. The fourth-order valence-electron chi connectivity index (χ4n) is 3.44. The van der Waals surface area contributed by atoms with Crippen LogP contribution in [0.5, 0.6) is 0 Å². The highest BCUT2D eigenvalue weighted by Gasteiger charge is 2.66. The molecule has 2 N–H and O–H groups in total. The van der Waals surface area contributed by atoms with E-state index >= 15 is 0 Å². The van der Waals surface area contributed by atoms with Crippen LogP contribution < -0.4 is 5.73 Å². The van der Waals surface area contributed by atoms with Crippen LogP contribution in [0, 0.1) is 22.6 Å². The lowest BCUT2D eigenvalue weighted by Crippen LogP contribution is -2.28. The molecule has 0 radical (unpaired) electrons. The highest BCUT2D eigenvalue weighted by Crippen LogP contribution is 2.69. The van der Waals surface area contributed by atoms with Gasteiger partial charge in [-0.1, -0.05) is 43.6 Å². The van der Waals surface area contributed by atoms with Gasteiger partial charge in [-0.25, -0.2) is 4.39 Å². The van der Waals surface area contributed by atoms with Gasteiger partial charge >= 0.3 is 0 Å². The summed E-state index contributed by atoms with van der Waals surface area (Å²) in [6.45, 7) is 9.05. The second-order valence-electron chi connectivity index (χ2n) is 6.57. The maximum Gasteiger partial charge on any atom is 0.124 e. The molecule has 0 spiro atoms. The minimum Gasteiger partial charge on any atom is -0.327 e. The van der Waals surface area contributed by atoms with E-state index in [1.54, 1.807) is 6.07 Å². The van der Waals surface area contributed by atoms with Crippen molar-refractivity contribution >= 4 is 15.9 Å². The van der Waals surface area contributed by atoms with E-state index in [0.717, 1.165) is 16.5 Å². The molecular weight excluding hydrogens is 293 g/mol. The van der Waals surface area contributed by atoms with Gasteiger partial charge in [0.2, 0.25) is 0 Å².